The van der Waals surface area contributed by atoms with Gasteiger partial charge in [-0.15, -0.1) is 5.10 Å². The molecular formula is C10H8Br2ClN3. The number of rotatable bonds is 3. The summed E-state index contributed by atoms with van der Waals surface area (Å²) in [4.78, 5) is 0. The molecule has 0 N–H and O–H groups in total. The minimum atomic E-state index is 0.651. The Bertz CT molecular complexity index is 499. The van der Waals surface area contributed by atoms with Gasteiger partial charge in [0.25, 0.3) is 0 Å². The lowest BCUT2D eigenvalue weighted by molar-refractivity contribution is 0.798. The van der Waals surface area contributed by atoms with Gasteiger partial charge in [0.05, 0.1) is 22.6 Å². The van der Waals surface area contributed by atoms with Crippen molar-refractivity contribution in [3.63, 3.8) is 0 Å². The molecule has 0 amide bonds. The van der Waals surface area contributed by atoms with Crippen molar-refractivity contribution in [1.29, 1.82) is 0 Å². The molecule has 0 aliphatic heterocycles. The van der Waals surface area contributed by atoms with Crippen LogP contribution in [0.25, 0.3) is 5.69 Å². The van der Waals surface area contributed by atoms with E-state index in [1.165, 1.54) is 0 Å². The second-order valence-corrected chi connectivity index (χ2v) is 5.31. The molecule has 84 valence electrons. The van der Waals surface area contributed by atoms with Crippen LogP contribution in [0.5, 0.6) is 0 Å². The Morgan fingerprint density at radius 2 is 2.19 bits per heavy atom. The molecule has 0 spiro atoms. The highest BCUT2D eigenvalue weighted by Crippen LogP contribution is 2.23. The summed E-state index contributed by atoms with van der Waals surface area (Å²) in [5.41, 5.74) is 1.76. The maximum Gasteiger partial charge on any atom is 0.0861 e. The van der Waals surface area contributed by atoms with Gasteiger partial charge in [-0.3, -0.25) is 0 Å². The molecule has 2 aromatic rings. The van der Waals surface area contributed by atoms with Crippen LogP contribution in [0.1, 0.15) is 5.69 Å². The van der Waals surface area contributed by atoms with Crippen LogP contribution in [0.3, 0.4) is 0 Å². The van der Waals surface area contributed by atoms with Gasteiger partial charge in [-0.1, -0.05) is 48.7 Å². The molecule has 0 aliphatic rings. The quantitative estimate of drug-likeness (QED) is 0.778. The van der Waals surface area contributed by atoms with Gasteiger partial charge in [0.1, 0.15) is 0 Å². The Labute approximate surface area is 115 Å². The van der Waals surface area contributed by atoms with E-state index in [9.17, 15) is 0 Å². The molecule has 0 saturated heterocycles. The maximum atomic E-state index is 6.10. The summed E-state index contributed by atoms with van der Waals surface area (Å²) in [6, 6.07) is 5.63. The number of halogens is 3. The maximum absolute atomic E-state index is 6.10. The van der Waals surface area contributed by atoms with E-state index in [0.717, 1.165) is 27.6 Å². The van der Waals surface area contributed by atoms with Crippen molar-refractivity contribution in [3.05, 3.63) is 39.6 Å². The van der Waals surface area contributed by atoms with Gasteiger partial charge >= 0.3 is 0 Å². The van der Waals surface area contributed by atoms with Crippen molar-refractivity contribution in [2.24, 2.45) is 0 Å². The molecule has 1 aromatic carbocycles. The van der Waals surface area contributed by atoms with E-state index >= 15 is 0 Å². The third kappa shape index (κ3) is 2.64. The van der Waals surface area contributed by atoms with Crippen molar-refractivity contribution in [2.45, 2.75) is 6.42 Å². The third-order valence-electron chi connectivity index (χ3n) is 2.05. The minimum Gasteiger partial charge on any atom is -0.219 e. The number of alkyl halides is 1. The summed E-state index contributed by atoms with van der Waals surface area (Å²) >= 11 is 12.9. The molecule has 2 rings (SSSR count). The van der Waals surface area contributed by atoms with Crippen LogP contribution in [0.4, 0.5) is 0 Å². The molecule has 0 atom stereocenters. The van der Waals surface area contributed by atoms with Gasteiger partial charge in [-0.05, 0) is 18.2 Å². The predicted octanol–water partition coefficient (Wildman–Crippen LogP) is 3.62. The molecule has 1 aromatic heterocycles. The number of hydrogen-bond donors (Lipinski definition) is 0. The van der Waals surface area contributed by atoms with Crippen molar-refractivity contribution >= 4 is 43.5 Å². The molecule has 0 bridgehead atoms. The molecule has 1 heterocycles. The highest BCUT2D eigenvalue weighted by molar-refractivity contribution is 9.10. The minimum absolute atomic E-state index is 0.651. The van der Waals surface area contributed by atoms with E-state index in [-0.39, 0.29) is 0 Å². The average molecular weight is 365 g/mol. The lowest BCUT2D eigenvalue weighted by atomic mass is 10.3. The molecule has 0 saturated carbocycles. The summed E-state index contributed by atoms with van der Waals surface area (Å²) in [6.45, 7) is 0. The van der Waals surface area contributed by atoms with Crippen LogP contribution >= 0.6 is 43.5 Å². The highest BCUT2D eigenvalue weighted by Gasteiger charge is 2.06. The summed E-state index contributed by atoms with van der Waals surface area (Å²) in [5, 5.41) is 9.63. The Morgan fingerprint density at radius 1 is 1.38 bits per heavy atom. The monoisotopic (exact) mass is 363 g/mol. The van der Waals surface area contributed by atoms with E-state index in [1.807, 2.05) is 24.4 Å². The zero-order valence-electron chi connectivity index (χ0n) is 8.20. The fourth-order valence-corrected chi connectivity index (χ4v) is 2.25. The van der Waals surface area contributed by atoms with E-state index < -0.39 is 0 Å². The van der Waals surface area contributed by atoms with E-state index in [2.05, 4.69) is 42.2 Å². The first-order valence-electron chi connectivity index (χ1n) is 4.63. The van der Waals surface area contributed by atoms with Gasteiger partial charge in [0.2, 0.25) is 0 Å². The molecule has 0 unspecified atom stereocenters. The molecule has 6 heteroatoms. The highest BCUT2D eigenvalue weighted by atomic mass is 79.9. The number of aryl methyl sites for hydroxylation is 1. The second-order valence-electron chi connectivity index (χ2n) is 3.19. The first-order valence-corrected chi connectivity index (χ1v) is 6.92. The Hall–Kier alpha value is -0.390. The summed E-state index contributed by atoms with van der Waals surface area (Å²) in [5.74, 6) is 0. The SMILES string of the molecule is Clc1ccc(Br)cc1-n1cc(CCBr)nn1. The van der Waals surface area contributed by atoms with E-state index in [1.54, 1.807) is 4.68 Å². The van der Waals surface area contributed by atoms with Crippen molar-refractivity contribution < 1.29 is 0 Å². The van der Waals surface area contributed by atoms with Crippen LogP contribution in [0.15, 0.2) is 28.9 Å². The number of nitrogens with zero attached hydrogens (tertiary/aromatic N) is 3. The van der Waals surface area contributed by atoms with Crippen LogP contribution in [0, 0.1) is 0 Å². The van der Waals surface area contributed by atoms with Crippen LogP contribution in [-0.2, 0) is 6.42 Å². The predicted molar refractivity (Wildman–Crippen MR) is 71.6 cm³/mol. The van der Waals surface area contributed by atoms with E-state index in [4.69, 9.17) is 11.6 Å². The smallest absolute Gasteiger partial charge is 0.0861 e. The fourth-order valence-electron chi connectivity index (χ4n) is 1.29. The van der Waals surface area contributed by atoms with Crippen LogP contribution in [0.2, 0.25) is 5.02 Å². The molecule has 3 nitrogen and oxygen atoms in total. The van der Waals surface area contributed by atoms with Crippen LogP contribution in [-0.4, -0.2) is 20.3 Å². The molecule has 16 heavy (non-hydrogen) atoms. The Morgan fingerprint density at radius 3 is 2.94 bits per heavy atom. The first-order chi connectivity index (χ1) is 7.70. The largest absolute Gasteiger partial charge is 0.219 e. The van der Waals surface area contributed by atoms with Gasteiger partial charge < -0.3 is 0 Å². The molecule has 0 radical (unpaired) electrons. The standard InChI is InChI=1S/C10H8Br2ClN3/c11-4-3-8-6-16(15-14-8)10-5-7(12)1-2-9(10)13/h1-2,5-6H,3-4H2. The molecular weight excluding hydrogens is 357 g/mol. The van der Waals surface area contributed by atoms with Crippen molar-refractivity contribution in [2.75, 3.05) is 5.33 Å². The second kappa shape index (κ2) is 5.29. The van der Waals surface area contributed by atoms with Gasteiger partial charge in [-0.25, -0.2) is 4.68 Å². The molecule has 0 aliphatic carbocycles. The van der Waals surface area contributed by atoms with Crippen molar-refractivity contribution in [3.8, 4) is 5.69 Å². The summed E-state index contributed by atoms with van der Waals surface area (Å²) in [6.07, 6.45) is 2.74. The summed E-state index contributed by atoms with van der Waals surface area (Å²) in [7, 11) is 0. The van der Waals surface area contributed by atoms with Gasteiger partial charge in [-0.2, -0.15) is 0 Å². The number of aromatic nitrogens is 3. The van der Waals surface area contributed by atoms with Crippen LogP contribution < -0.4 is 0 Å². The first kappa shape index (κ1) is 12.1. The lowest BCUT2D eigenvalue weighted by Gasteiger charge is -2.03. The number of hydrogen-bond acceptors (Lipinski definition) is 2. The van der Waals surface area contributed by atoms with Gasteiger partial charge in [0.15, 0.2) is 0 Å². The van der Waals surface area contributed by atoms with E-state index in [0.29, 0.717) is 5.02 Å². The summed E-state index contributed by atoms with van der Waals surface area (Å²) < 4.78 is 2.65. The third-order valence-corrected chi connectivity index (χ3v) is 3.26. The van der Waals surface area contributed by atoms with Crippen molar-refractivity contribution in [1.82, 2.24) is 15.0 Å². The number of benzene rings is 1. The zero-order chi connectivity index (χ0) is 11.5. The zero-order valence-corrected chi connectivity index (χ0v) is 12.1. The Kier molecular flexibility index (Phi) is 4.00. The average Bonchev–Trinajstić information content (AvgIpc) is 2.71. The van der Waals surface area contributed by atoms with Gasteiger partial charge in [0, 0.05) is 16.2 Å². The molecule has 0 fully saturated rings. The lowest BCUT2D eigenvalue weighted by Crippen LogP contribution is -1.95. The topological polar surface area (TPSA) is 30.7 Å². The Balaban J connectivity index is 2.38. The fraction of sp³-hybridized carbons (Fsp3) is 0.200. The normalized spacial score (nSPS) is 10.7.